The quantitative estimate of drug-likeness (QED) is 0.807. The van der Waals surface area contributed by atoms with Gasteiger partial charge in [-0.05, 0) is 18.1 Å². The molecule has 2 atom stereocenters. The average Bonchev–Trinajstić information content (AvgIpc) is 3.01. The summed E-state index contributed by atoms with van der Waals surface area (Å²) in [6, 6.07) is 4.94. The van der Waals surface area contributed by atoms with Gasteiger partial charge in [-0.25, -0.2) is 4.98 Å². The Hall–Kier alpha value is -2.28. The van der Waals surface area contributed by atoms with Crippen molar-refractivity contribution in [2.45, 2.75) is 32.7 Å². The summed E-state index contributed by atoms with van der Waals surface area (Å²) in [7, 11) is 0. The zero-order chi connectivity index (χ0) is 16.8. The van der Waals surface area contributed by atoms with Crippen molar-refractivity contribution in [2.24, 2.45) is 11.7 Å². The molecule has 23 heavy (non-hydrogen) atoms. The summed E-state index contributed by atoms with van der Waals surface area (Å²) in [6.07, 6.45) is 2.57. The van der Waals surface area contributed by atoms with Gasteiger partial charge in [-0.15, -0.1) is 11.3 Å². The van der Waals surface area contributed by atoms with Gasteiger partial charge in [-0.2, -0.15) is 0 Å². The van der Waals surface area contributed by atoms with Gasteiger partial charge >= 0.3 is 0 Å². The third-order valence-corrected chi connectivity index (χ3v) is 4.53. The van der Waals surface area contributed by atoms with Crippen molar-refractivity contribution < 1.29 is 9.59 Å². The van der Waals surface area contributed by atoms with Gasteiger partial charge in [0.25, 0.3) is 0 Å². The molecule has 0 bridgehead atoms. The van der Waals surface area contributed by atoms with Crippen molar-refractivity contribution in [2.75, 3.05) is 0 Å². The number of nitrogens with one attached hydrogen (secondary N) is 1. The lowest BCUT2D eigenvalue weighted by Crippen LogP contribution is -2.48. The molecule has 122 valence electrons. The van der Waals surface area contributed by atoms with E-state index in [4.69, 9.17) is 5.73 Å². The third-order valence-electron chi connectivity index (χ3n) is 3.61. The van der Waals surface area contributed by atoms with E-state index in [-0.39, 0.29) is 18.2 Å². The van der Waals surface area contributed by atoms with Crippen LogP contribution in [0.15, 0.2) is 29.8 Å². The molecular formula is C16H20N4O2S. The number of hydrogen-bond donors (Lipinski definition) is 2. The zero-order valence-corrected chi connectivity index (χ0v) is 14.0. The van der Waals surface area contributed by atoms with Gasteiger partial charge in [-0.3, -0.25) is 14.6 Å². The average molecular weight is 332 g/mol. The minimum atomic E-state index is -0.651. The van der Waals surface area contributed by atoms with E-state index in [1.54, 1.807) is 6.20 Å². The molecule has 0 aromatic carbocycles. The number of pyridine rings is 1. The Bertz CT molecular complexity index is 672. The van der Waals surface area contributed by atoms with Crippen LogP contribution in [0.2, 0.25) is 0 Å². The van der Waals surface area contributed by atoms with Gasteiger partial charge in [0.05, 0.1) is 17.8 Å². The van der Waals surface area contributed by atoms with E-state index in [0.29, 0.717) is 5.69 Å². The first kappa shape index (κ1) is 17.1. The molecule has 2 aromatic rings. The van der Waals surface area contributed by atoms with Crippen molar-refractivity contribution >= 4 is 23.2 Å². The monoisotopic (exact) mass is 332 g/mol. The smallest absolute Gasteiger partial charge is 0.240 e. The Labute approximate surface area is 139 Å². The number of aromatic nitrogens is 2. The summed E-state index contributed by atoms with van der Waals surface area (Å²) in [4.78, 5) is 32.2. The maximum Gasteiger partial charge on any atom is 0.240 e. The van der Waals surface area contributed by atoms with Crippen molar-refractivity contribution in [3.05, 3.63) is 35.5 Å². The number of nitrogens with two attached hydrogens (primary N) is 1. The molecule has 6 nitrogen and oxygen atoms in total. The van der Waals surface area contributed by atoms with E-state index in [9.17, 15) is 9.59 Å². The Morgan fingerprint density at radius 1 is 1.39 bits per heavy atom. The molecule has 2 heterocycles. The highest BCUT2D eigenvalue weighted by molar-refractivity contribution is 7.13. The number of nitrogens with zero attached hydrogens (tertiary/aromatic N) is 2. The lowest BCUT2D eigenvalue weighted by molar-refractivity contribution is -0.128. The Morgan fingerprint density at radius 2 is 2.17 bits per heavy atom. The molecule has 0 aliphatic carbocycles. The standard InChI is InChI=1S/C16H20N4O2S/c1-3-10(2)14(15(17)22)20-13(21)8-11-9-23-16(19-11)12-6-4-5-7-18-12/h4-7,9-10,14H,3,8H2,1-2H3,(H2,17,22)(H,20,21). The number of rotatable bonds is 7. The van der Waals surface area contributed by atoms with Crippen LogP contribution >= 0.6 is 11.3 Å². The lowest BCUT2D eigenvalue weighted by atomic mass is 9.98. The van der Waals surface area contributed by atoms with Crippen molar-refractivity contribution in [3.8, 4) is 10.7 Å². The number of primary amides is 1. The van der Waals surface area contributed by atoms with E-state index in [1.165, 1.54) is 11.3 Å². The molecule has 2 rings (SSSR count). The summed E-state index contributed by atoms with van der Waals surface area (Å²) >= 11 is 1.44. The van der Waals surface area contributed by atoms with Crippen LogP contribution < -0.4 is 11.1 Å². The predicted molar refractivity (Wildman–Crippen MR) is 89.6 cm³/mol. The topological polar surface area (TPSA) is 98.0 Å². The second-order valence-corrected chi connectivity index (χ2v) is 6.23. The van der Waals surface area contributed by atoms with Crippen LogP contribution in [0, 0.1) is 5.92 Å². The number of carbonyl (C=O) groups is 2. The predicted octanol–water partition coefficient (Wildman–Crippen LogP) is 1.76. The number of thiazole rings is 1. The first-order chi connectivity index (χ1) is 11.0. The molecule has 0 aliphatic rings. The van der Waals surface area contributed by atoms with Crippen LogP contribution in [0.3, 0.4) is 0 Å². The van der Waals surface area contributed by atoms with E-state index < -0.39 is 11.9 Å². The van der Waals surface area contributed by atoms with Gasteiger partial charge in [0.15, 0.2) is 0 Å². The number of amides is 2. The number of carbonyl (C=O) groups excluding carboxylic acids is 2. The Balaban J connectivity index is 2.01. The SMILES string of the molecule is CCC(C)C(NC(=O)Cc1csc(-c2ccccn2)n1)C(N)=O. The summed E-state index contributed by atoms with van der Waals surface area (Å²) in [6.45, 7) is 3.84. The Morgan fingerprint density at radius 3 is 2.78 bits per heavy atom. The van der Waals surface area contributed by atoms with Crippen molar-refractivity contribution in [1.82, 2.24) is 15.3 Å². The Kier molecular flexibility index (Phi) is 5.81. The van der Waals surface area contributed by atoms with Crippen LogP contribution in [0.5, 0.6) is 0 Å². The summed E-state index contributed by atoms with van der Waals surface area (Å²) in [5.41, 5.74) is 6.79. The van der Waals surface area contributed by atoms with Gasteiger partial charge in [0.1, 0.15) is 11.0 Å². The molecule has 7 heteroatoms. The summed E-state index contributed by atoms with van der Waals surface area (Å²) in [5.74, 6) is -0.775. The summed E-state index contributed by atoms with van der Waals surface area (Å²) in [5, 5.41) is 5.29. The highest BCUT2D eigenvalue weighted by Gasteiger charge is 2.23. The molecule has 2 amide bonds. The first-order valence-electron chi connectivity index (χ1n) is 7.45. The molecule has 0 aliphatic heterocycles. The zero-order valence-electron chi connectivity index (χ0n) is 13.2. The normalized spacial score (nSPS) is 13.3. The van der Waals surface area contributed by atoms with Crippen LogP contribution in [0.1, 0.15) is 26.0 Å². The fraction of sp³-hybridized carbons (Fsp3) is 0.375. The van der Waals surface area contributed by atoms with E-state index in [2.05, 4.69) is 15.3 Å². The molecule has 0 radical (unpaired) electrons. The molecule has 2 unspecified atom stereocenters. The van der Waals surface area contributed by atoms with Crippen molar-refractivity contribution in [3.63, 3.8) is 0 Å². The van der Waals surface area contributed by atoms with E-state index in [1.807, 2.05) is 37.4 Å². The lowest BCUT2D eigenvalue weighted by Gasteiger charge is -2.20. The molecule has 0 saturated heterocycles. The molecule has 0 spiro atoms. The molecule has 3 N–H and O–H groups in total. The van der Waals surface area contributed by atoms with Crippen LogP contribution in [-0.4, -0.2) is 27.8 Å². The van der Waals surface area contributed by atoms with E-state index >= 15 is 0 Å². The third kappa shape index (κ3) is 4.59. The second kappa shape index (κ2) is 7.82. The molecule has 0 fully saturated rings. The fourth-order valence-electron chi connectivity index (χ4n) is 2.11. The minimum Gasteiger partial charge on any atom is -0.368 e. The van der Waals surface area contributed by atoms with Gasteiger partial charge in [-0.1, -0.05) is 26.3 Å². The maximum absolute atomic E-state index is 12.1. The summed E-state index contributed by atoms with van der Waals surface area (Å²) < 4.78 is 0. The largest absolute Gasteiger partial charge is 0.368 e. The van der Waals surface area contributed by atoms with Crippen LogP contribution in [-0.2, 0) is 16.0 Å². The van der Waals surface area contributed by atoms with Crippen LogP contribution in [0.4, 0.5) is 0 Å². The van der Waals surface area contributed by atoms with Crippen LogP contribution in [0.25, 0.3) is 10.7 Å². The van der Waals surface area contributed by atoms with Gasteiger partial charge in [0, 0.05) is 11.6 Å². The maximum atomic E-state index is 12.1. The highest BCUT2D eigenvalue weighted by atomic mass is 32.1. The molecular weight excluding hydrogens is 312 g/mol. The fourth-order valence-corrected chi connectivity index (χ4v) is 2.91. The van der Waals surface area contributed by atoms with E-state index in [0.717, 1.165) is 17.1 Å². The van der Waals surface area contributed by atoms with Gasteiger partial charge < -0.3 is 11.1 Å². The minimum absolute atomic E-state index is 0.00374. The highest BCUT2D eigenvalue weighted by Crippen LogP contribution is 2.21. The molecule has 2 aromatic heterocycles. The molecule has 0 saturated carbocycles. The first-order valence-corrected chi connectivity index (χ1v) is 8.33. The van der Waals surface area contributed by atoms with Gasteiger partial charge in [0.2, 0.25) is 11.8 Å². The van der Waals surface area contributed by atoms with Crippen molar-refractivity contribution in [1.29, 1.82) is 0 Å². The number of hydrogen-bond acceptors (Lipinski definition) is 5. The second-order valence-electron chi connectivity index (χ2n) is 5.37.